The molecule has 0 aromatic heterocycles. The van der Waals surface area contributed by atoms with E-state index in [1.54, 1.807) is 19.9 Å². The molecule has 0 radical (unpaired) electrons. The fraction of sp³-hybridized carbons (Fsp3) is 0.667. The predicted octanol–water partition coefficient (Wildman–Crippen LogP) is 6.53. The largest absolute Gasteiger partial charge is 0.481 e. The van der Waals surface area contributed by atoms with Crippen molar-refractivity contribution in [2.24, 2.45) is 0 Å². The number of hydrogen-bond donors (Lipinski definition) is 2. The second-order valence-corrected chi connectivity index (χ2v) is 7.97. The number of unbranched alkanes of at least 4 members (excludes halogenated alkanes) is 9. The number of benzene rings is 1. The Morgan fingerprint density at radius 3 is 1.79 bits per heavy atom. The van der Waals surface area contributed by atoms with E-state index in [9.17, 15) is 19.8 Å². The Morgan fingerprint density at radius 1 is 0.786 bits per heavy atom. The van der Waals surface area contributed by atoms with E-state index in [0.717, 1.165) is 24.8 Å². The van der Waals surface area contributed by atoms with Gasteiger partial charge < -0.3 is 10.2 Å². The van der Waals surface area contributed by atoms with Gasteiger partial charge in [-0.25, -0.2) is 0 Å². The van der Waals surface area contributed by atoms with Crippen molar-refractivity contribution in [3.8, 4) is 0 Å². The van der Waals surface area contributed by atoms with Crippen molar-refractivity contribution >= 4 is 11.9 Å². The Bertz CT molecular complexity index is 609. The van der Waals surface area contributed by atoms with Crippen LogP contribution in [0.15, 0.2) is 18.2 Å². The monoisotopic (exact) mass is 390 g/mol. The number of carboxylic acids is 2. The molecular weight excluding hydrogens is 352 g/mol. The van der Waals surface area contributed by atoms with E-state index in [2.05, 4.69) is 6.92 Å². The van der Waals surface area contributed by atoms with Crippen molar-refractivity contribution in [1.82, 2.24) is 0 Å². The van der Waals surface area contributed by atoms with Crippen molar-refractivity contribution in [1.29, 1.82) is 0 Å². The normalized spacial score (nSPS) is 13.2. The summed E-state index contributed by atoms with van der Waals surface area (Å²) in [5, 5.41) is 18.9. The molecule has 2 atom stereocenters. The molecular formula is C24H38O4. The van der Waals surface area contributed by atoms with Crippen LogP contribution in [0.2, 0.25) is 0 Å². The molecule has 0 heterocycles. The van der Waals surface area contributed by atoms with Gasteiger partial charge in [-0.3, -0.25) is 9.59 Å². The van der Waals surface area contributed by atoms with Crippen LogP contribution >= 0.6 is 0 Å². The van der Waals surface area contributed by atoms with Crippen LogP contribution < -0.4 is 0 Å². The van der Waals surface area contributed by atoms with Crippen LogP contribution in [0.1, 0.15) is 114 Å². The lowest BCUT2D eigenvalue weighted by molar-refractivity contribution is -0.140. The lowest BCUT2D eigenvalue weighted by atomic mass is 9.84. The quantitative estimate of drug-likeness (QED) is 0.334. The summed E-state index contributed by atoms with van der Waals surface area (Å²) in [4.78, 5) is 23.0. The Morgan fingerprint density at radius 2 is 1.29 bits per heavy atom. The van der Waals surface area contributed by atoms with Gasteiger partial charge in [-0.1, -0.05) is 82.9 Å². The average Bonchev–Trinajstić information content (AvgIpc) is 2.67. The molecule has 1 rings (SSSR count). The molecule has 1 aromatic rings. The Labute approximate surface area is 170 Å². The smallest absolute Gasteiger partial charge is 0.310 e. The summed E-state index contributed by atoms with van der Waals surface area (Å²) in [5.74, 6) is -3.23. The summed E-state index contributed by atoms with van der Waals surface area (Å²) in [5.41, 5.74) is 2.31. The molecule has 4 heteroatoms. The van der Waals surface area contributed by atoms with Gasteiger partial charge in [-0.15, -0.1) is 0 Å². The van der Waals surface area contributed by atoms with Crippen molar-refractivity contribution in [2.45, 2.75) is 103 Å². The predicted molar refractivity (Wildman–Crippen MR) is 114 cm³/mol. The number of carboxylic acid groups (broad SMARTS) is 2. The van der Waals surface area contributed by atoms with Crippen LogP contribution in [0.5, 0.6) is 0 Å². The molecule has 0 aliphatic rings. The summed E-state index contributed by atoms with van der Waals surface area (Å²) < 4.78 is 0. The van der Waals surface area contributed by atoms with Crippen molar-refractivity contribution in [3.05, 3.63) is 34.9 Å². The Balaban J connectivity index is 2.59. The first kappa shape index (κ1) is 24.2. The maximum Gasteiger partial charge on any atom is 0.310 e. The highest BCUT2D eigenvalue weighted by atomic mass is 16.4. The van der Waals surface area contributed by atoms with Gasteiger partial charge in [0, 0.05) is 0 Å². The lowest BCUT2D eigenvalue weighted by Gasteiger charge is -2.20. The minimum absolute atomic E-state index is 0.631. The SMILES string of the molecule is CCCCCCCCCCCCc1cccc(C(C)C(=O)O)c1C(C)C(=O)O. The average molecular weight is 391 g/mol. The zero-order valence-electron chi connectivity index (χ0n) is 17.9. The second-order valence-electron chi connectivity index (χ2n) is 7.97. The van der Waals surface area contributed by atoms with Gasteiger partial charge >= 0.3 is 11.9 Å². The molecule has 0 aliphatic heterocycles. The fourth-order valence-corrected chi connectivity index (χ4v) is 3.82. The first-order chi connectivity index (χ1) is 13.4. The van der Waals surface area contributed by atoms with Gasteiger partial charge in [-0.2, -0.15) is 0 Å². The third-order valence-corrected chi connectivity index (χ3v) is 5.67. The van der Waals surface area contributed by atoms with Crippen LogP contribution in [-0.4, -0.2) is 22.2 Å². The molecule has 2 unspecified atom stereocenters. The highest BCUT2D eigenvalue weighted by Crippen LogP contribution is 2.31. The summed E-state index contributed by atoms with van der Waals surface area (Å²) in [6, 6.07) is 5.58. The van der Waals surface area contributed by atoms with Crippen LogP contribution in [0.4, 0.5) is 0 Å². The molecule has 28 heavy (non-hydrogen) atoms. The minimum Gasteiger partial charge on any atom is -0.481 e. The summed E-state index contributed by atoms with van der Waals surface area (Å²) in [6.45, 7) is 5.51. The minimum atomic E-state index is -0.921. The number of carbonyl (C=O) groups is 2. The number of aryl methyl sites for hydroxylation is 1. The molecule has 0 saturated carbocycles. The highest BCUT2D eigenvalue weighted by Gasteiger charge is 2.25. The van der Waals surface area contributed by atoms with Crippen molar-refractivity contribution in [2.75, 3.05) is 0 Å². The Kier molecular flexibility index (Phi) is 11.5. The van der Waals surface area contributed by atoms with E-state index in [-0.39, 0.29) is 0 Å². The van der Waals surface area contributed by atoms with Crippen LogP contribution in [-0.2, 0) is 16.0 Å². The third kappa shape index (κ3) is 8.04. The first-order valence-electron chi connectivity index (χ1n) is 11.0. The van der Waals surface area contributed by atoms with Crippen LogP contribution in [0.3, 0.4) is 0 Å². The molecule has 0 spiro atoms. The van der Waals surface area contributed by atoms with Gasteiger partial charge in [0.25, 0.3) is 0 Å². The maximum atomic E-state index is 11.6. The summed E-state index contributed by atoms with van der Waals surface area (Å²) in [7, 11) is 0. The molecule has 0 saturated heterocycles. The maximum absolute atomic E-state index is 11.6. The summed E-state index contributed by atoms with van der Waals surface area (Å²) >= 11 is 0. The van der Waals surface area contributed by atoms with E-state index in [1.165, 1.54) is 51.4 Å². The van der Waals surface area contributed by atoms with Gasteiger partial charge in [0.1, 0.15) is 0 Å². The topological polar surface area (TPSA) is 74.6 Å². The molecule has 0 fully saturated rings. The molecule has 0 aliphatic carbocycles. The Hall–Kier alpha value is -1.84. The van der Waals surface area contributed by atoms with E-state index >= 15 is 0 Å². The number of rotatable bonds is 15. The van der Waals surface area contributed by atoms with E-state index in [0.29, 0.717) is 11.1 Å². The van der Waals surface area contributed by atoms with E-state index in [1.807, 2.05) is 12.1 Å². The standard InChI is InChI=1S/C24H38O4/c1-4-5-6-7-8-9-10-11-12-13-15-20-16-14-17-21(18(2)23(25)26)22(20)19(3)24(27)28/h14,16-19H,4-13,15H2,1-3H3,(H,25,26)(H,27,28). The molecule has 0 bridgehead atoms. The second kappa shape index (κ2) is 13.4. The highest BCUT2D eigenvalue weighted by molar-refractivity contribution is 5.80. The third-order valence-electron chi connectivity index (χ3n) is 5.67. The zero-order chi connectivity index (χ0) is 20.9. The molecule has 158 valence electrons. The van der Waals surface area contributed by atoms with E-state index < -0.39 is 23.8 Å². The molecule has 4 nitrogen and oxygen atoms in total. The van der Waals surface area contributed by atoms with Gasteiger partial charge in [0.05, 0.1) is 11.8 Å². The molecule has 0 amide bonds. The van der Waals surface area contributed by atoms with Crippen molar-refractivity contribution < 1.29 is 19.8 Å². The fourth-order valence-electron chi connectivity index (χ4n) is 3.82. The number of aliphatic carboxylic acids is 2. The van der Waals surface area contributed by atoms with Gasteiger partial charge in [-0.05, 0) is 43.4 Å². The molecule has 1 aromatic carbocycles. The van der Waals surface area contributed by atoms with Crippen LogP contribution in [0.25, 0.3) is 0 Å². The molecule has 2 N–H and O–H groups in total. The van der Waals surface area contributed by atoms with Crippen LogP contribution in [0, 0.1) is 0 Å². The van der Waals surface area contributed by atoms with E-state index in [4.69, 9.17) is 0 Å². The zero-order valence-corrected chi connectivity index (χ0v) is 17.9. The van der Waals surface area contributed by atoms with Gasteiger partial charge in [0.15, 0.2) is 0 Å². The van der Waals surface area contributed by atoms with Gasteiger partial charge in [0.2, 0.25) is 0 Å². The summed E-state index contributed by atoms with van der Waals surface area (Å²) in [6.07, 6.45) is 13.4. The number of hydrogen-bond acceptors (Lipinski definition) is 2. The first-order valence-corrected chi connectivity index (χ1v) is 11.0. The van der Waals surface area contributed by atoms with Crippen molar-refractivity contribution in [3.63, 3.8) is 0 Å². The lowest BCUT2D eigenvalue weighted by Crippen LogP contribution is -2.17.